The number of ether oxygens (including phenoxy) is 1. The molecule has 0 bridgehead atoms. The number of aromatic nitrogens is 2. The van der Waals surface area contributed by atoms with Crippen LogP contribution in [-0.4, -0.2) is 59.6 Å². The third-order valence-electron chi connectivity index (χ3n) is 11.1. The molecule has 7 rings (SSSR count). The molecule has 5 heterocycles. The maximum atomic E-state index is 15.3. The van der Waals surface area contributed by atoms with Crippen molar-refractivity contribution < 1.29 is 18.7 Å². The van der Waals surface area contributed by atoms with Crippen LogP contribution in [-0.2, 0) is 29.6 Å². The summed E-state index contributed by atoms with van der Waals surface area (Å²) in [5.41, 5.74) is 4.06. The normalized spacial score (nSPS) is 19.6. The average molecular weight is 700 g/mol. The number of benzene rings is 2. The number of carbonyl (C=O) groups excluding carboxylic acids is 2. The van der Waals surface area contributed by atoms with E-state index in [-0.39, 0.29) is 29.1 Å². The van der Waals surface area contributed by atoms with E-state index < -0.39 is 0 Å². The summed E-state index contributed by atoms with van der Waals surface area (Å²) < 4.78 is 22.7. The summed E-state index contributed by atoms with van der Waals surface area (Å²) in [7, 11) is 3.41. The smallest absolute Gasteiger partial charge is 0.259 e. The molecule has 0 saturated carbocycles. The van der Waals surface area contributed by atoms with Crippen molar-refractivity contribution in [2.75, 3.05) is 38.2 Å². The predicted molar refractivity (Wildman–Crippen MR) is 193 cm³/mol. The molecule has 1 N–H and O–H groups in total. The van der Waals surface area contributed by atoms with Gasteiger partial charge in [0.2, 0.25) is 11.8 Å². The molecule has 3 saturated heterocycles. The van der Waals surface area contributed by atoms with Crippen molar-refractivity contribution in [1.29, 1.82) is 0 Å². The summed E-state index contributed by atoms with van der Waals surface area (Å²) in [6, 6.07) is 11.2. The first-order chi connectivity index (χ1) is 24.2. The Balaban J connectivity index is 0.942. The Morgan fingerprint density at radius 3 is 2.40 bits per heavy atom. The molecule has 1 atom stereocenters. The number of likely N-dealkylation sites (tertiary alicyclic amines) is 1. The third-order valence-corrected chi connectivity index (χ3v) is 11.4. The fourth-order valence-corrected chi connectivity index (χ4v) is 8.48. The Bertz CT molecular complexity index is 1980. The molecule has 11 heteroatoms. The van der Waals surface area contributed by atoms with E-state index in [1.54, 1.807) is 37.2 Å². The largest absolute Gasteiger partial charge is 0.496 e. The molecule has 3 aliphatic heterocycles. The topological polar surface area (TPSA) is 96.8 Å². The molecule has 2 amide bonds. The minimum absolute atomic E-state index is 0.0931. The first-order valence-corrected chi connectivity index (χ1v) is 18.0. The van der Waals surface area contributed by atoms with Gasteiger partial charge in [0.1, 0.15) is 11.6 Å². The van der Waals surface area contributed by atoms with Crippen LogP contribution < -0.4 is 20.5 Å². The summed E-state index contributed by atoms with van der Waals surface area (Å²) in [5.74, 6) is 0.953. The summed E-state index contributed by atoms with van der Waals surface area (Å²) in [6.45, 7) is 4.31. The van der Waals surface area contributed by atoms with E-state index in [0.717, 1.165) is 85.3 Å². The molecule has 50 heavy (non-hydrogen) atoms. The van der Waals surface area contributed by atoms with Crippen LogP contribution in [0.1, 0.15) is 49.7 Å². The molecule has 0 aliphatic carbocycles. The van der Waals surface area contributed by atoms with Crippen LogP contribution in [0, 0.1) is 23.6 Å². The van der Waals surface area contributed by atoms with Crippen LogP contribution in [0.4, 0.5) is 10.1 Å². The van der Waals surface area contributed by atoms with Crippen molar-refractivity contribution in [3.8, 4) is 16.9 Å². The fraction of sp³-hybridized carbons (Fsp3) is 0.436. The Morgan fingerprint density at radius 2 is 1.70 bits per heavy atom. The number of halogens is 2. The van der Waals surface area contributed by atoms with Gasteiger partial charge in [0.15, 0.2) is 0 Å². The minimum Gasteiger partial charge on any atom is -0.496 e. The zero-order valence-corrected chi connectivity index (χ0v) is 29.3. The molecule has 262 valence electrons. The van der Waals surface area contributed by atoms with Crippen molar-refractivity contribution in [3.63, 3.8) is 0 Å². The van der Waals surface area contributed by atoms with Gasteiger partial charge in [-0.1, -0.05) is 17.7 Å². The van der Waals surface area contributed by atoms with Gasteiger partial charge in [-0.25, -0.2) is 4.39 Å². The summed E-state index contributed by atoms with van der Waals surface area (Å²) in [6.07, 6.45) is 10.7. The number of anilines is 1. The second-order valence-corrected chi connectivity index (χ2v) is 14.5. The number of rotatable bonds is 8. The van der Waals surface area contributed by atoms with Gasteiger partial charge in [0.05, 0.1) is 18.2 Å². The number of hydrogen-bond donors (Lipinski definition) is 1. The maximum absolute atomic E-state index is 15.3. The van der Waals surface area contributed by atoms with Gasteiger partial charge in [-0.15, -0.1) is 0 Å². The molecule has 9 nitrogen and oxygen atoms in total. The summed E-state index contributed by atoms with van der Waals surface area (Å²) >= 11 is 6.95. The number of piperidine rings is 3. The number of aryl methyl sites for hydroxylation is 1. The second-order valence-electron chi connectivity index (χ2n) is 14.1. The maximum Gasteiger partial charge on any atom is 0.259 e. The lowest BCUT2D eigenvalue weighted by atomic mass is 9.78. The van der Waals surface area contributed by atoms with E-state index in [0.29, 0.717) is 53.7 Å². The quantitative estimate of drug-likeness (QED) is 0.221. The van der Waals surface area contributed by atoms with Gasteiger partial charge in [0.25, 0.3) is 5.56 Å². The number of nitrogens with one attached hydrogen (secondary N) is 1. The van der Waals surface area contributed by atoms with Gasteiger partial charge < -0.3 is 14.2 Å². The molecule has 1 unspecified atom stereocenters. The predicted octanol–water partition coefficient (Wildman–Crippen LogP) is 6.13. The van der Waals surface area contributed by atoms with Gasteiger partial charge in [-0.05, 0) is 110 Å². The molecule has 0 spiro atoms. The van der Waals surface area contributed by atoms with E-state index in [9.17, 15) is 14.4 Å². The minimum atomic E-state index is -0.294. The second kappa shape index (κ2) is 14.5. The molecule has 2 aromatic heterocycles. The number of fused-ring (bicyclic) bond motifs is 1. The first kappa shape index (κ1) is 34.2. The zero-order chi connectivity index (χ0) is 34.9. The monoisotopic (exact) mass is 699 g/mol. The highest BCUT2D eigenvalue weighted by Gasteiger charge is 2.31. The lowest BCUT2D eigenvalue weighted by Crippen LogP contribution is -2.41. The Hall–Kier alpha value is -4.28. The van der Waals surface area contributed by atoms with Crippen molar-refractivity contribution in [1.82, 2.24) is 19.8 Å². The van der Waals surface area contributed by atoms with Gasteiger partial charge in [0, 0.05) is 73.8 Å². The van der Waals surface area contributed by atoms with Crippen LogP contribution in [0.5, 0.6) is 5.75 Å². The standard InChI is InChI=1S/C39H43ClFN5O4/c1-44-22-31(29-7-12-42-21-30(29)39(44)49)28-19-33(40)32(36(20-28)50-2)23-45-13-8-25(9-14-45)26-10-15-46(16-11-26)35-5-3-24(18-34(35)41)17-27-4-6-37(47)43-38(27)48/h3,5,7,12,18-22,25-27H,4,6,8-11,13-17,23H2,1-2H3,(H,43,47,48). The van der Waals surface area contributed by atoms with Crippen LogP contribution in [0.15, 0.2) is 59.8 Å². The molecule has 2 aromatic carbocycles. The number of nitrogens with zero attached hydrogens (tertiary/aromatic N) is 4. The lowest BCUT2D eigenvalue weighted by molar-refractivity contribution is -0.136. The highest BCUT2D eigenvalue weighted by atomic mass is 35.5. The highest BCUT2D eigenvalue weighted by Crippen LogP contribution is 2.39. The Kier molecular flexibility index (Phi) is 9.93. The van der Waals surface area contributed by atoms with Gasteiger partial charge in [-0.2, -0.15) is 0 Å². The summed E-state index contributed by atoms with van der Waals surface area (Å²) in [4.78, 5) is 45.1. The van der Waals surface area contributed by atoms with Crippen LogP contribution >= 0.6 is 11.6 Å². The molecule has 0 radical (unpaired) electrons. The van der Waals surface area contributed by atoms with Gasteiger partial charge >= 0.3 is 0 Å². The summed E-state index contributed by atoms with van der Waals surface area (Å²) in [5, 5.41) is 4.42. The van der Waals surface area contributed by atoms with E-state index in [4.69, 9.17) is 16.3 Å². The van der Waals surface area contributed by atoms with E-state index in [1.165, 1.54) is 0 Å². The van der Waals surface area contributed by atoms with E-state index in [1.807, 2.05) is 36.5 Å². The van der Waals surface area contributed by atoms with Crippen molar-refractivity contribution in [2.45, 2.75) is 51.5 Å². The lowest BCUT2D eigenvalue weighted by Gasteiger charge is -2.41. The first-order valence-electron chi connectivity index (χ1n) is 17.6. The van der Waals surface area contributed by atoms with Crippen LogP contribution in [0.25, 0.3) is 21.9 Å². The van der Waals surface area contributed by atoms with Crippen LogP contribution in [0.3, 0.4) is 0 Å². The van der Waals surface area contributed by atoms with Crippen molar-refractivity contribution in [2.24, 2.45) is 24.8 Å². The SMILES string of the molecule is COc1cc(-c2cn(C)c(=O)c3cnccc23)cc(Cl)c1CN1CCC(C2CCN(c3ccc(CC4CCC(=O)NC4=O)cc3F)CC2)CC1. The molecule has 4 aromatic rings. The van der Waals surface area contributed by atoms with Gasteiger partial charge in [-0.3, -0.25) is 29.6 Å². The Labute approximate surface area is 296 Å². The Morgan fingerprint density at radius 1 is 0.960 bits per heavy atom. The number of methoxy groups -OCH3 is 1. The third kappa shape index (κ3) is 7.01. The molecule has 3 aliphatic rings. The highest BCUT2D eigenvalue weighted by molar-refractivity contribution is 6.32. The number of carbonyl (C=O) groups is 2. The average Bonchev–Trinajstić information content (AvgIpc) is 3.12. The van der Waals surface area contributed by atoms with E-state index >= 15 is 4.39 Å². The molecular weight excluding hydrogens is 657 g/mol. The zero-order valence-electron chi connectivity index (χ0n) is 28.6. The van der Waals surface area contributed by atoms with Crippen molar-refractivity contribution >= 4 is 39.9 Å². The van der Waals surface area contributed by atoms with Crippen LogP contribution in [0.2, 0.25) is 5.02 Å². The number of hydrogen-bond acceptors (Lipinski definition) is 7. The number of amides is 2. The molecule has 3 fully saturated rings. The molecular formula is C39H43ClFN5O4. The number of pyridine rings is 2. The van der Waals surface area contributed by atoms with E-state index in [2.05, 4.69) is 20.1 Å². The fourth-order valence-electron chi connectivity index (χ4n) is 8.21. The van der Waals surface area contributed by atoms with Crippen molar-refractivity contribution in [3.05, 3.63) is 87.3 Å². The number of imide groups is 1.